The smallest absolute Gasteiger partial charge is 0.203 e. The van der Waals surface area contributed by atoms with Gasteiger partial charge in [0.05, 0.1) is 21.3 Å². The molecule has 0 unspecified atom stereocenters. The lowest BCUT2D eigenvalue weighted by Crippen LogP contribution is -2.29. The van der Waals surface area contributed by atoms with E-state index >= 15 is 0 Å². The zero-order chi connectivity index (χ0) is 15.8. The lowest BCUT2D eigenvalue weighted by molar-refractivity contribution is 0.287. The second-order valence-corrected chi connectivity index (χ2v) is 5.54. The first-order valence-electron chi connectivity index (χ1n) is 8.01. The number of benzene rings is 1. The predicted molar refractivity (Wildman–Crippen MR) is 88.3 cm³/mol. The Balaban J connectivity index is 1.97. The van der Waals surface area contributed by atoms with Crippen LogP contribution in [0.15, 0.2) is 12.1 Å². The summed E-state index contributed by atoms with van der Waals surface area (Å²) >= 11 is 0. The number of ether oxygens (including phenoxy) is 3. The van der Waals surface area contributed by atoms with Crippen molar-refractivity contribution in [3.05, 3.63) is 17.7 Å². The quantitative estimate of drug-likeness (QED) is 0.834. The topological polar surface area (TPSA) is 43.0 Å². The maximum absolute atomic E-state index is 5.54. The molecule has 1 aliphatic heterocycles. The number of hydrogen-bond acceptors (Lipinski definition) is 5. The Hall–Kier alpha value is -1.46. The van der Waals surface area contributed by atoms with Crippen molar-refractivity contribution >= 4 is 0 Å². The van der Waals surface area contributed by atoms with E-state index in [1.54, 1.807) is 21.3 Å². The molecular weight excluding hydrogens is 280 g/mol. The van der Waals surface area contributed by atoms with Gasteiger partial charge >= 0.3 is 0 Å². The van der Waals surface area contributed by atoms with E-state index < -0.39 is 0 Å². The SMILES string of the molecule is COc1ccc(CCCN2CCCNCC2)c(OC)c1OC. The van der Waals surface area contributed by atoms with Crippen LogP contribution in [0, 0.1) is 0 Å². The molecule has 0 saturated carbocycles. The number of nitrogens with zero attached hydrogens (tertiary/aromatic N) is 1. The first kappa shape index (κ1) is 16.9. The number of hydrogen-bond donors (Lipinski definition) is 1. The highest BCUT2D eigenvalue weighted by atomic mass is 16.5. The number of aryl methyl sites for hydroxylation is 1. The number of rotatable bonds is 7. The summed E-state index contributed by atoms with van der Waals surface area (Å²) in [7, 11) is 4.97. The molecule has 1 aromatic carbocycles. The van der Waals surface area contributed by atoms with Gasteiger partial charge in [-0.05, 0) is 50.5 Å². The summed E-state index contributed by atoms with van der Waals surface area (Å²) in [6.07, 6.45) is 3.33. The highest BCUT2D eigenvalue weighted by Gasteiger charge is 2.16. The van der Waals surface area contributed by atoms with Gasteiger partial charge in [0, 0.05) is 13.1 Å². The molecule has 0 aromatic heterocycles. The van der Waals surface area contributed by atoms with E-state index in [2.05, 4.69) is 16.3 Å². The minimum atomic E-state index is 0.682. The van der Waals surface area contributed by atoms with E-state index in [9.17, 15) is 0 Å². The molecule has 124 valence electrons. The predicted octanol–water partition coefficient (Wildman–Crippen LogP) is 1.94. The van der Waals surface area contributed by atoms with Crippen LogP contribution in [0.5, 0.6) is 17.2 Å². The molecule has 0 radical (unpaired) electrons. The Kier molecular flexibility index (Phi) is 6.80. The first-order chi connectivity index (χ1) is 10.8. The first-order valence-corrected chi connectivity index (χ1v) is 8.01. The van der Waals surface area contributed by atoms with Crippen molar-refractivity contribution in [1.82, 2.24) is 10.2 Å². The summed E-state index contributed by atoms with van der Waals surface area (Å²) in [5, 5.41) is 3.44. The molecule has 22 heavy (non-hydrogen) atoms. The Morgan fingerprint density at radius 1 is 1.00 bits per heavy atom. The highest BCUT2D eigenvalue weighted by molar-refractivity contribution is 5.55. The maximum atomic E-state index is 5.54. The van der Waals surface area contributed by atoms with Gasteiger partial charge in [-0.2, -0.15) is 0 Å². The Bertz CT molecular complexity index is 457. The average molecular weight is 308 g/mol. The van der Waals surface area contributed by atoms with Gasteiger partial charge in [0.2, 0.25) is 5.75 Å². The van der Waals surface area contributed by atoms with E-state index in [4.69, 9.17) is 14.2 Å². The molecule has 1 fully saturated rings. The molecule has 5 heteroatoms. The second-order valence-electron chi connectivity index (χ2n) is 5.54. The summed E-state index contributed by atoms with van der Waals surface area (Å²) in [6, 6.07) is 4.02. The van der Waals surface area contributed by atoms with E-state index in [1.807, 2.05) is 6.07 Å². The van der Waals surface area contributed by atoms with Crippen LogP contribution < -0.4 is 19.5 Å². The molecule has 2 rings (SSSR count). The fraction of sp³-hybridized carbons (Fsp3) is 0.647. The van der Waals surface area contributed by atoms with E-state index in [0.717, 1.165) is 44.8 Å². The van der Waals surface area contributed by atoms with Crippen LogP contribution in [-0.4, -0.2) is 59.0 Å². The summed E-state index contributed by atoms with van der Waals surface area (Å²) < 4.78 is 16.3. The summed E-state index contributed by atoms with van der Waals surface area (Å²) in [5.74, 6) is 2.18. The van der Waals surface area contributed by atoms with E-state index in [0.29, 0.717) is 11.5 Å². The van der Waals surface area contributed by atoms with E-state index in [-0.39, 0.29) is 0 Å². The third-order valence-electron chi connectivity index (χ3n) is 4.14. The molecule has 1 N–H and O–H groups in total. The van der Waals surface area contributed by atoms with Crippen molar-refractivity contribution in [2.45, 2.75) is 19.3 Å². The minimum Gasteiger partial charge on any atom is -0.493 e. The van der Waals surface area contributed by atoms with Gasteiger partial charge in [0.1, 0.15) is 0 Å². The average Bonchev–Trinajstić information content (AvgIpc) is 2.82. The lowest BCUT2D eigenvalue weighted by Gasteiger charge is -2.20. The van der Waals surface area contributed by atoms with Crippen molar-refractivity contribution in [2.24, 2.45) is 0 Å². The Labute approximate surface area is 133 Å². The highest BCUT2D eigenvalue weighted by Crippen LogP contribution is 2.40. The molecule has 0 spiro atoms. The fourth-order valence-corrected chi connectivity index (χ4v) is 2.98. The van der Waals surface area contributed by atoms with Gasteiger partial charge in [-0.1, -0.05) is 6.07 Å². The minimum absolute atomic E-state index is 0.682. The molecule has 1 heterocycles. The Morgan fingerprint density at radius 2 is 1.82 bits per heavy atom. The van der Waals surface area contributed by atoms with Crippen molar-refractivity contribution in [3.63, 3.8) is 0 Å². The molecule has 5 nitrogen and oxygen atoms in total. The molecule has 1 aliphatic rings. The summed E-state index contributed by atoms with van der Waals surface area (Å²) in [6.45, 7) is 5.69. The van der Waals surface area contributed by atoms with Crippen molar-refractivity contribution in [2.75, 3.05) is 54.1 Å². The van der Waals surface area contributed by atoms with Gasteiger partial charge in [-0.25, -0.2) is 0 Å². The maximum Gasteiger partial charge on any atom is 0.203 e. The molecule has 1 aromatic rings. The number of nitrogens with one attached hydrogen (secondary N) is 1. The van der Waals surface area contributed by atoms with Crippen LogP contribution in [0.1, 0.15) is 18.4 Å². The zero-order valence-electron chi connectivity index (χ0n) is 14.0. The standard InChI is InChI=1S/C17H28N2O3/c1-20-15-8-7-14(16(21-2)17(15)22-3)6-4-11-19-12-5-9-18-10-13-19/h7-8,18H,4-6,9-13H2,1-3H3. The molecule has 0 atom stereocenters. The van der Waals surface area contributed by atoms with Crippen LogP contribution in [0.2, 0.25) is 0 Å². The third kappa shape index (κ3) is 4.27. The molecule has 0 amide bonds. The van der Waals surface area contributed by atoms with Crippen LogP contribution >= 0.6 is 0 Å². The van der Waals surface area contributed by atoms with Crippen LogP contribution in [0.25, 0.3) is 0 Å². The largest absolute Gasteiger partial charge is 0.493 e. The van der Waals surface area contributed by atoms with Crippen LogP contribution in [0.3, 0.4) is 0 Å². The monoisotopic (exact) mass is 308 g/mol. The number of methoxy groups -OCH3 is 3. The van der Waals surface area contributed by atoms with Crippen LogP contribution in [-0.2, 0) is 6.42 Å². The lowest BCUT2D eigenvalue weighted by atomic mass is 10.1. The van der Waals surface area contributed by atoms with Gasteiger partial charge in [0.25, 0.3) is 0 Å². The zero-order valence-corrected chi connectivity index (χ0v) is 14.0. The van der Waals surface area contributed by atoms with Crippen molar-refractivity contribution in [1.29, 1.82) is 0 Å². The van der Waals surface area contributed by atoms with Crippen molar-refractivity contribution < 1.29 is 14.2 Å². The van der Waals surface area contributed by atoms with Gasteiger partial charge in [-0.15, -0.1) is 0 Å². The normalized spacial score (nSPS) is 16.1. The summed E-state index contributed by atoms with van der Waals surface area (Å²) in [5.41, 5.74) is 1.17. The van der Waals surface area contributed by atoms with Gasteiger partial charge in [0.15, 0.2) is 11.5 Å². The fourth-order valence-electron chi connectivity index (χ4n) is 2.98. The van der Waals surface area contributed by atoms with E-state index in [1.165, 1.54) is 18.5 Å². The second kappa shape index (κ2) is 8.86. The molecular formula is C17H28N2O3. The molecule has 0 aliphatic carbocycles. The Morgan fingerprint density at radius 3 is 2.55 bits per heavy atom. The molecule has 1 saturated heterocycles. The molecule has 0 bridgehead atoms. The van der Waals surface area contributed by atoms with Gasteiger partial charge in [-0.3, -0.25) is 0 Å². The summed E-state index contributed by atoms with van der Waals surface area (Å²) in [4.78, 5) is 2.53. The van der Waals surface area contributed by atoms with Gasteiger partial charge < -0.3 is 24.4 Å². The van der Waals surface area contributed by atoms with Crippen LogP contribution in [0.4, 0.5) is 0 Å². The van der Waals surface area contributed by atoms with Crippen molar-refractivity contribution in [3.8, 4) is 17.2 Å². The third-order valence-corrected chi connectivity index (χ3v) is 4.14.